The zero-order valence-electron chi connectivity index (χ0n) is 24.4. The number of nitrogens with zero attached hydrogens (tertiary/aromatic N) is 7. The first-order valence-electron chi connectivity index (χ1n) is 14.0. The number of benzene rings is 2. The standard InChI is InChI=1S/C30H35ClFN9O/c1-7-22(42)39-11-16(3)41(17(4)12-39)29-19-10-20(31)24(23-15(2)8-9-21-25(23)28(33)37-36-21)26(32)27(19)34-30(35-29)40-13-18(14-40)38(5)6/h7-10,16-18H,1,11-14H2,2-6H3,(H3,33,36,37)/t16-,17+. The van der Waals surface area contributed by atoms with Crippen LogP contribution in [0, 0.1) is 12.7 Å². The van der Waals surface area contributed by atoms with E-state index < -0.39 is 5.82 Å². The molecule has 42 heavy (non-hydrogen) atoms. The second kappa shape index (κ2) is 10.4. The van der Waals surface area contributed by atoms with Crippen LogP contribution in [0.5, 0.6) is 0 Å². The molecule has 6 rings (SSSR count). The van der Waals surface area contributed by atoms with E-state index in [0.29, 0.717) is 52.8 Å². The first kappa shape index (κ1) is 28.2. The number of piperazine rings is 1. The smallest absolute Gasteiger partial charge is 0.246 e. The number of likely N-dealkylation sites (N-methyl/N-ethyl adjacent to an activating group) is 1. The lowest BCUT2D eigenvalue weighted by molar-refractivity contribution is -0.127. The van der Waals surface area contributed by atoms with E-state index in [0.717, 1.165) is 18.7 Å². The Morgan fingerprint density at radius 2 is 1.86 bits per heavy atom. The molecule has 2 fully saturated rings. The summed E-state index contributed by atoms with van der Waals surface area (Å²) in [6, 6.07) is 5.67. The summed E-state index contributed by atoms with van der Waals surface area (Å²) in [6.07, 6.45) is 1.34. The zero-order valence-corrected chi connectivity index (χ0v) is 25.2. The van der Waals surface area contributed by atoms with Gasteiger partial charge in [0.1, 0.15) is 11.3 Å². The number of aromatic nitrogens is 4. The summed E-state index contributed by atoms with van der Waals surface area (Å²) in [5.41, 5.74) is 8.74. The highest BCUT2D eigenvalue weighted by Crippen LogP contribution is 2.44. The summed E-state index contributed by atoms with van der Waals surface area (Å²) < 4.78 is 16.9. The van der Waals surface area contributed by atoms with Gasteiger partial charge in [0.2, 0.25) is 11.9 Å². The number of nitrogens with two attached hydrogens (primary N) is 1. The lowest BCUT2D eigenvalue weighted by atomic mass is 9.94. The maximum Gasteiger partial charge on any atom is 0.246 e. The van der Waals surface area contributed by atoms with Crippen molar-refractivity contribution in [2.24, 2.45) is 0 Å². The summed E-state index contributed by atoms with van der Waals surface area (Å²) in [5, 5.41) is 8.42. The number of hydrogen-bond acceptors (Lipinski definition) is 8. The minimum atomic E-state index is -0.538. The van der Waals surface area contributed by atoms with Gasteiger partial charge in [0.15, 0.2) is 11.6 Å². The molecular weight excluding hydrogens is 557 g/mol. The Hall–Kier alpha value is -3.96. The quantitative estimate of drug-likeness (QED) is 0.332. The van der Waals surface area contributed by atoms with Crippen LogP contribution in [0.25, 0.3) is 32.9 Å². The molecule has 10 nitrogen and oxygen atoms in total. The van der Waals surface area contributed by atoms with Gasteiger partial charge in [-0.1, -0.05) is 24.2 Å². The molecule has 2 aromatic carbocycles. The second-order valence-electron chi connectivity index (χ2n) is 11.7. The predicted octanol–water partition coefficient (Wildman–Crippen LogP) is 4.22. The van der Waals surface area contributed by atoms with Gasteiger partial charge in [0.25, 0.3) is 0 Å². The molecule has 0 aliphatic carbocycles. The van der Waals surface area contributed by atoms with Gasteiger partial charge in [0, 0.05) is 60.8 Å². The number of rotatable bonds is 5. The molecule has 2 saturated heterocycles. The highest BCUT2D eigenvalue weighted by molar-refractivity contribution is 6.35. The largest absolute Gasteiger partial charge is 0.382 e. The van der Waals surface area contributed by atoms with Crippen LogP contribution in [0.15, 0.2) is 30.9 Å². The zero-order chi connectivity index (χ0) is 30.0. The van der Waals surface area contributed by atoms with E-state index in [1.54, 1.807) is 11.0 Å². The average molecular weight is 592 g/mol. The predicted molar refractivity (Wildman–Crippen MR) is 167 cm³/mol. The molecule has 2 aromatic heterocycles. The fourth-order valence-corrected chi connectivity index (χ4v) is 6.58. The Kier molecular flexibility index (Phi) is 6.97. The van der Waals surface area contributed by atoms with Crippen LogP contribution < -0.4 is 15.5 Å². The van der Waals surface area contributed by atoms with Crippen LogP contribution in [0.1, 0.15) is 19.4 Å². The average Bonchev–Trinajstić information content (AvgIpc) is 3.28. The molecule has 2 aliphatic heterocycles. The van der Waals surface area contributed by atoms with Gasteiger partial charge in [-0.15, -0.1) is 0 Å². The molecule has 0 unspecified atom stereocenters. The molecule has 0 bridgehead atoms. The van der Waals surface area contributed by atoms with E-state index >= 15 is 4.39 Å². The van der Waals surface area contributed by atoms with Crippen LogP contribution >= 0.6 is 11.6 Å². The molecule has 1 amide bonds. The van der Waals surface area contributed by atoms with E-state index in [9.17, 15) is 4.79 Å². The van der Waals surface area contributed by atoms with Gasteiger partial charge in [-0.2, -0.15) is 10.1 Å². The number of amides is 1. The minimum absolute atomic E-state index is 0.0993. The Balaban J connectivity index is 1.56. The molecule has 0 saturated carbocycles. The third-order valence-corrected chi connectivity index (χ3v) is 8.89. The van der Waals surface area contributed by atoms with Gasteiger partial charge in [0.05, 0.1) is 15.9 Å². The minimum Gasteiger partial charge on any atom is -0.382 e. The Morgan fingerprint density at radius 3 is 2.50 bits per heavy atom. The van der Waals surface area contributed by atoms with Crippen LogP contribution in [0.3, 0.4) is 0 Å². The van der Waals surface area contributed by atoms with Crippen molar-refractivity contribution in [2.45, 2.75) is 38.9 Å². The number of nitrogen functional groups attached to an aromatic ring is 1. The number of fused-ring (bicyclic) bond motifs is 2. The first-order valence-corrected chi connectivity index (χ1v) is 14.4. The van der Waals surface area contributed by atoms with Crippen molar-refractivity contribution in [3.63, 3.8) is 0 Å². The first-order chi connectivity index (χ1) is 20.0. The normalized spacial score (nSPS) is 19.7. The highest BCUT2D eigenvalue weighted by Gasteiger charge is 2.36. The Labute approximate surface area is 248 Å². The van der Waals surface area contributed by atoms with Gasteiger partial charge in [-0.25, -0.2) is 9.37 Å². The molecule has 12 heteroatoms. The van der Waals surface area contributed by atoms with Crippen LogP contribution in [-0.4, -0.2) is 94.3 Å². The summed E-state index contributed by atoms with van der Waals surface area (Å²) in [5.74, 6) is 0.680. The summed E-state index contributed by atoms with van der Waals surface area (Å²) >= 11 is 6.93. The molecule has 0 radical (unpaired) electrons. The molecule has 2 aliphatic rings. The van der Waals surface area contributed by atoms with Crippen molar-refractivity contribution >= 4 is 56.9 Å². The Bertz CT molecular complexity index is 1720. The number of carbonyl (C=O) groups is 1. The monoisotopic (exact) mass is 591 g/mol. The lowest BCUT2D eigenvalue weighted by Crippen LogP contribution is -2.59. The number of halogens is 2. The fourth-order valence-electron chi connectivity index (χ4n) is 6.29. The topological polar surface area (TPSA) is 111 Å². The van der Waals surface area contributed by atoms with Crippen LogP contribution in [0.2, 0.25) is 5.02 Å². The van der Waals surface area contributed by atoms with E-state index in [2.05, 4.69) is 31.5 Å². The maximum absolute atomic E-state index is 16.9. The number of anilines is 3. The molecule has 4 heterocycles. The summed E-state index contributed by atoms with van der Waals surface area (Å²) in [6.45, 7) is 12.0. The summed E-state index contributed by atoms with van der Waals surface area (Å²) in [4.78, 5) is 30.4. The van der Waals surface area contributed by atoms with E-state index in [1.807, 2.05) is 47.0 Å². The van der Waals surface area contributed by atoms with E-state index in [-0.39, 0.29) is 39.9 Å². The van der Waals surface area contributed by atoms with Crippen LogP contribution in [0.4, 0.5) is 22.0 Å². The third kappa shape index (κ3) is 4.42. The van der Waals surface area contributed by atoms with Crippen molar-refractivity contribution in [3.05, 3.63) is 47.3 Å². The highest BCUT2D eigenvalue weighted by atomic mass is 35.5. The van der Waals surface area contributed by atoms with Gasteiger partial charge in [-0.3, -0.25) is 9.89 Å². The third-order valence-electron chi connectivity index (χ3n) is 8.59. The molecular formula is C30H35ClFN9O. The number of hydrogen-bond donors (Lipinski definition) is 2. The molecule has 2 atom stereocenters. The van der Waals surface area contributed by atoms with Crippen molar-refractivity contribution in [2.75, 3.05) is 55.8 Å². The number of H-pyrrole nitrogens is 1. The molecule has 0 spiro atoms. The number of carbonyl (C=O) groups excluding carboxylic acids is 1. The summed E-state index contributed by atoms with van der Waals surface area (Å²) in [7, 11) is 4.08. The van der Waals surface area contributed by atoms with Crippen molar-refractivity contribution in [1.29, 1.82) is 0 Å². The number of nitrogens with one attached hydrogen (secondary N) is 1. The van der Waals surface area contributed by atoms with E-state index in [4.69, 9.17) is 27.3 Å². The van der Waals surface area contributed by atoms with Crippen LogP contribution in [-0.2, 0) is 4.79 Å². The molecule has 3 N–H and O–H groups in total. The van der Waals surface area contributed by atoms with Crippen molar-refractivity contribution < 1.29 is 9.18 Å². The molecule has 220 valence electrons. The van der Waals surface area contributed by atoms with Gasteiger partial charge >= 0.3 is 0 Å². The second-order valence-corrected chi connectivity index (χ2v) is 12.1. The van der Waals surface area contributed by atoms with Gasteiger partial charge < -0.3 is 25.3 Å². The number of aryl methyl sites for hydroxylation is 1. The number of aromatic amines is 1. The van der Waals surface area contributed by atoms with Crippen molar-refractivity contribution in [3.8, 4) is 11.1 Å². The SMILES string of the molecule is C=CC(=O)N1C[C@@H](C)N(c2nc(N3CC(N(C)C)C3)nc3c(F)c(-c4c(C)ccc5[nH]nc(N)c45)c(Cl)cc23)[C@@H](C)C1. The molecule has 4 aromatic rings. The lowest BCUT2D eigenvalue weighted by Gasteiger charge is -2.46. The van der Waals surface area contributed by atoms with Crippen molar-refractivity contribution in [1.82, 2.24) is 30.0 Å². The van der Waals surface area contributed by atoms with E-state index in [1.165, 1.54) is 6.08 Å². The fraction of sp³-hybridized carbons (Fsp3) is 0.400. The van der Waals surface area contributed by atoms with Gasteiger partial charge in [-0.05, 0) is 58.6 Å². The Morgan fingerprint density at radius 1 is 1.17 bits per heavy atom. The maximum atomic E-state index is 16.9.